The van der Waals surface area contributed by atoms with E-state index < -0.39 is 24.6 Å². The first-order chi connectivity index (χ1) is 7.68. The molecule has 1 saturated heterocycles. The molecule has 0 aromatic heterocycles. The third-order valence-corrected chi connectivity index (χ3v) is 5.75. The second-order valence-corrected chi connectivity index (χ2v) is 11.3. The highest BCUT2D eigenvalue weighted by molar-refractivity contribution is 7.87. The van der Waals surface area contributed by atoms with Gasteiger partial charge >= 0.3 is 6.16 Å². The van der Waals surface area contributed by atoms with Gasteiger partial charge in [-0.3, -0.25) is 0 Å². The van der Waals surface area contributed by atoms with Crippen molar-refractivity contribution in [1.29, 1.82) is 0 Å². The van der Waals surface area contributed by atoms with Gasteiger partial charge in [-0.15, -0.1) is 0 Å². The van der Waals surface area contributed by atoms with Crippen LogP contribution in [-0.2, 0) is 23.5 Å². The van der Waals surface area contributed by atoms with Gasteiger partial charge in [0.25, 0.3) is 10.1 Å². The number of ether oxygens (including phenoxy) is 2. The van der Waals surface area contributed by atoms with Gasteiger partial charge in [-0.2, -0.15) is 0 Å². The molecule has 0 bridgehead atoms. The first-order valence-electron chi connectivity index (χ1n) is 5.45. The maximum atomic E-state index is 11.6. The highest BCUT2D eigenvalue weighted by Gasteiger charge is 2.27. The Balaban J connectivity index is 2.28. The molecule has 0 radical (unpaired) electrons. The molecule has 1 unspecified atom stereocenters. The van der Waals surface area contributed by atoms with Crippen LogP contribution in [0.1, 0.15) is 12.8 Å². The van der Waals surface area contributed by atoms with Gasteiger partial charge in [-0.05, 0) is 32.5 Å². The van der Waals surface area contributed by atoms with Crippen LogP contribution in [0.2, 0.25) is 19.6 Å². The molecule has 0 saturated carbocycles. The van der Waals surface area contributed by atoms with E-state index in [1.54, 1.807) is 0 Å². The zero-order chi connectivity index (χ0) is 13.1. The summed E-state index contributed by atoms with van der Waals surface area (Å²) < 4.78 is 37.6. The highest BCUT2D eigenvalue weighted by atomic mass is 32.2. The van der Waals surface area contributed by atoms with Crippen LogP contribution in [0.25, 0.3) is 0 Å². The summed E-state index contributed by atoms with van der Waals surface area (Å²) in [7, 11) is -5.55. The van der Waals surface area contributed by atoms with Crippen molar-refractivity contribution in [3.63, 3.8) is 0 Å². The van der Waals surface area contributed by atoms with Crippen LogP contribution in [-0.4, -0.2) is 41.4 Å². The van der Waals surface area contributed by atoms with E-state index in [1.807, 2.05) is 19.6 Å². The van der Waals surface area contributed by atoms with Crippen LogP contribution in [0.3, 0.4) is 0 Å². The average molecular weight is 282 g/mol. The second kappa shape index (κ2) is 5.36. The van der Waals surface area contributed by atoms with Crippen molar-refractivity contribution in [2.45, 2.75) is 38.6 Å². The summed E-state index contributed by atoms with van der Waals surface area (Å²) in [5, 5.41) is 0. The smallest absolute Gasteiger partial charge is 0.430 e. The summed E-state index contributed by atoms with van der Waals surface area (Å²) in [6.07, 6.45) is -0.144. The lowest BCUT2D eigenvalue weighted by molar-refractivity contribution is 0.116. The summed E-state index contributed by atoms with van der Waals surface area (Å²) in [4.78, 5) is 10.6. The quantitative estimate of drug-likeness (QED) is 0.542. The van der Waals surface area contributed by atoms with Crippen molar-refractivity contribution in [2.75, 3.05) is 12.4 Å². The SMILES string of the molecule is C[Si](C)(C)OS(=O)(=O)CCCC1COC(=O)O1. The van der Waals surface area contributed by atoms with Gasteiger partial charge < -0.3 is 13.3 Å². The number of hydrogen-bond donors (Lipinski definition) is 0. The summed E-state index contributed by atoms with van der Waals surface area (Å²) in [6.45, 7) is 5.65. The Bertz CT molecular complexity index is 371. The predicted molar refractivity (Wildman–Crippen MR) is 63.7 cm³/mol. The first-order valence-corrected chi connectivity index (χ1v) is 10.4. The lowest BCUT2D eigenvalue weighted by Crippen LogP contribution is -2.30. The topological polar surface area (TPSA) is 78.9 Å². The first kappa shape index (κ1) is 14.5. The molecule has 1 atom stereocenters. The molecular weight excluding hydrogens is 264 g/mol. The monoisotopic (exact) mass is 282 g/mol. The van der Waals surface area contributed by atoms with E-state index in [0.29, 0.717) is 12.8 Å². The van der Waals surface area contributed by atoms with Gasteiger partial charge in [0.1, 0.15) is 12.7 Å². The van der Waals surface area contributed by atoms with E-state index in [-0.39, 0.29) is 18.5 Å². The molecule has 1 heterocycles. The molecule has 0 amide bonds. The predicted octanol–water partition coefficient (Wildman–Crippen LogP) is 1.48. The lowest BCUT2D eigenvalue weighted by atomic mass is 10.2. The fourth-order valence-electron chi connectivity index (χ4n) is 1.42. The summed E-state index contributed by atoms with van der Waals surface area (Å²) >= 11 is 0. The zero-order valence-corrected chi connectivity index (χ0v) is 12.1. The van der Waals surface area contributed by atoms with E-state index >= 15 is 0 Å². The van der Waals surface area contributed by atoms with E-state index in [1.165, 1.54) is 0 Å². The van der Waals surface area contributed by atoms with Gasteiger partial charge in [-0.25, -0.2) is 13.2 Å². The van der Waals surface area contributed by atoms with Crippen LogP contribution >= 0.6 is 0 Å². The van der Waals surface area contributed by atoms with Crippen molar-refractivity contribution < 1.29 is 26.6 Å². The fraction of sp³-hybridized carbons (Fsp3) is 0.889. The molecule has 17 heavy (non-hydrogen) atoms. The maximum absolute atomic E-state index is 11.6. The average Bonchev–Trinajstić information content (AvgIpc) is 2.46. The molecule has 1 rings (SSSR count). The highest BCUT2D eigenvalue weighted by Crippen LogP contribution is 2.14. The van der Waals surface area contributed by atoms with Crippen molar-refractivity contribution in [1.82, 2.24) is 0 Å². The number of carbonyl (C=O) groups excluding carboxylic acids is 1. The van der Waals surface area contributed by atoms with Crippen molar-refractivity contribution >= 4 is 24.6 Å². The Labute approximate surface area is 102 Å². The Morgan fingerprint density at radius 2 is 2.06 bits per heavy atom. The Hall–Kier alpha value is -0.603. The number of hydrogen-bond acceptors (Lipinski definition) is 6. The van der Waals surface area contributed by atoms with Crippen LogP contribution in [0, 0.1) is 0 Å². The minimum absolute atomic E-state index is 0.0503. The summed E-state index contributed by atoms with van der Waals surface area (Å²) in [5.74, 6) is -0.0503. The third-order valence-electron chi connectivity index (χ3n) is 1.95. The van der Waals surface area contributed by atoms with Crippen LogP contribution in [0.4, 0.5) is 4.79 Å². The van der Waals surface area contributed by atoms with E-state index in [2.05, 4.69) is 4.74 Å². The Morgan fingerprint density at radius 1 is 1.41 bits per heavy atom. The van der Waals surface area contributed by atoms with Crippen LogP contribution < -0.4 is 0 Å². The van der Waals surface area contributed by atoms with Crippen LogP contribution in [0.5, 0.6) is 0 Å². The van der Waals surface area contributed by atoms with Crippen molar-refractivity contribution in [3.8, 4) is 0 Å². The van der Waals surface area contributed by atoms with Crippen molar-refractivity contribution in [2.24, 2.45) is 0 Å². The minimum Gasteiger partial charge on any atom is -0.430 e. The molecular formula is C9H18O6SSi. The molecule has 0 aromatic carbocycles. The van der Waals surface area contributed by atoms with Gasteiger partial charge in [0.05, 0.1) is 5.75 Å². The molecule has 8 heteroatoms. The largest absolute Gasteiger partial charge is 0.508 e. The van der Waals surface area contributed by atoms with Gasteiger partial charge in [0, 0.05) is 0 Å². The van der Waals surface area contributed by atoms with Crippen LogP contribution in [0.15, 0.2) is 0 Å². The Morgan fingerprint density at radius 3 is 2.53 bits per heavy atom. The van der Waals surface area contributed by atoms with E-state index in [0.717, 1.165) is 0 Å². The maximum Gasteiger partial charge on any atom is 0.508 e. The zero-order valence-electron chi connectivity index (χ0n) is 10.3. The minimum atomic E-state index is -3.46. The lowest BCUT2D eigenvalue weighted by Gasteiger charge is -2.16. The van der Waals surface area contributed by atoms with Gasteiger partial charge in [-0.1, -0.05) is 0 Å². The normalized spacial score (nSPS) is 21.1. The fourth-order valence-corrected chi connectivity index (χ4v) is 5.32. The molecule has 0 spiro atoms. The van der Waals surface area contributed by atoms with E-state index in [4.69, 9.17) is 8.61 Å². The molecule has 0 N–H and O–H groups in total. The van der Waals surface area contributed by atoms with Gasteiger partial charge in [0.2, 0.25) is 8.32 Å². The molecule has 1 aliphatic rings. The van der Waals surface area contributed by atoms with Gasteiger partial charge in [0.15, 0.2) is 0 Å². The number of cyclic esters (lactones) is 2. The molecule has 100 valence electrons. The molecule has 1 fully saturated rings. The second-order valence-electron chi connectivity index (χ2n) is 4.90. The van der Waals surface area contributed by atoms with Crippen molar-refractivity contribution in [3.05, 3.63) is 0 Å². The number of rotatable bonds is 6. The molecule has 0 aliphatic carbocycles. The Kier molecular flexibility index (Phi) is 4.56. The molecule has 1 aliphatic heterocycles. The standard InChI is InChI=1S/C9H18O6SSi/c1-17(2,3)15-16(11,12)6-4-5-8-7-13-9(10)14-8/h8H,4-7H2,1-3H3. The van der Waals surface area contributed by atoms with E-state index in [9.17, 15) is 13.2 Å². The summed E-state index contributed by atoms with van der Waals surface area (Å²) in [5.41, 5.74) is 0. The molecule has 6 nitrogen and oxygen atoms in total. The summed E-state index contributed by atoms with van der Waals surface area (Å²) in [6, 6.07) is 0. The number of carbonyl (C=O) groups is 1. The molecule has 0 aromatic rings. The third kappa shape index (κ3) is 6.04.